The van der Waals surface area contributed by atoms with Crippen LogP contribution in [0.1, 0.15) is 62.4 Å². The monoisotopic (exact) mass is 296 g/mol. The molecule has 20 heavy (non-hydrogen) atoms. The number of nitrogens with zero attached hydrogens (tertiary/aromatic N) is 1. The second kappa shape index (κ2) is 7.62. The summed E-state index contributed by atoms with van der Waals surface area (Å²) in [5.41, 5.74) is 0.949. The second-order valence-electron chi connectivity index (χ2n) is 5.16. The SMILES string of the molecule is CCCCCCNc1nc2c(s1)CCC2C(=O)OCC. The van der Waals surface area contributed by atoms with Crippen LogP contribution < -0.4 is 5.32 Å². The van der Waals surface area contributed by atoms with Crippen LogP contribution in [0.25, 0.3) is 0 Å². The smallest absolute Gasteiger partial charge is 0.315 e. The summed E-state index contributed by atoms with van der Waals surface area (Å²) in [7, 11) is 0. The maximum atomic E-state index is 11.9. The minimum atomic E-state index is -0.142. The first-order valence-electron chi connectivity index (χ1n) is 7.66. The van der Waals surface area contributed by atoms with E-state index >= 15 is 0 Å². The molecule has 0 amide bonds. The number of ether oxygens (including phenoxy) is 1. The average molecular weight is 296 g/mol. The van der Waals surface area contributed by atoms with Crippen molar-refractivity contribution in [3.63, 3.8) is 0 Å². The first kappa shape index (κ1) is 15.3. The van der Waals surface area contributed by atoms with Gasteiger partial charge in [-0.25, -0.2) is 4.98 Å². The number of aromatic nitrogens is 1. The van der Waals surface area contributed by atoms with Crippen molar-refractivity contribution in [2.75, 3.05) is 18.5 Å². The lowest BCUT2D eigenvalue weighted by molar-refractivity contribution is -0.145. The van der Waals surface area contributed by atoms with Gasteiger partial charge in [0.15, 0.2) is 5.13 Å². The van der Waals surface area contributed by atoms with Crippen LogP contribution in [-0.2, 0) is 16.0 Å². The van der Waals surface area contributed by atoms with Crippen LogP contribution in [0.15, 0.2) is 0 Å². The number of esters is 1. The highest BCUT2D eigenvalue weighted by atomic mass is 32.1. The van der Waals surface area contributed by atoms with E-state index in [1.54, 1.807) is 11.3 Å². The number of aryl methyl sites for hydroxylation is 1. The van der Waals surface area contributed by atoms with E-state index in [2.05, 4.69) is 17.2 Å². The maximum Gasteiger partial charge on any atom is 0.315 e. The first-order valence-corrected chi connectivity index (χ1v) is 8.48. The van der Waals surface area contributed by atoms with Crippen LogP contribution in [0.2, 0.25) is 0 Å². The minimum absolute atomic E-state index is 0.119. The molecule has 1 aromatic rings. The van der Waals surface area contributed by atoms with E-state index in [1.165, 1.54) is 30.6 Å². The van der Waals surface area contributed by atoms with Gasteiger partial charge in [-0.15, -0.1) is 11.3 Å². The molecule has 1 unspecified atom stereocenters. The van der Waals surface area contributed by atoms with E-state index in [4.69, 9.17) is 4.74 Å². The lowest BCUT2D eigenvalue weighted by Crippen LogP contribution is -2.14. The number of fused-ring (bicyclic) bond motifs is 1. The van der Waals surface area contributed by atoms with Gasteiger partial charge in [0, 0.05) is 11.4 Å². The fourth-order valence-corrected chi connectivity index (χ4v) is 3.59. The summed E-state index contributed by atoms with van der Waals surface area (Å²) >= 11 is 1.70. The molecule has 1 heterocycles. The lowest BCUT2D eigenvalue weighted by Gasteiger charge is -2.08. The van der Waals surface area contributed by atoms with Crippen LogP contribution in [0, 0.1) is 0 Å². The molecule has 0 spiro atoms. The Morgan fingerprint density at radius 2 is 2.25 bits per heavy atom. The highest BCUT2D eigenvalue weighted by Crippen LogP contribution is 2.38. The highest BCUT2D eigenvalue weighted by molar-refractivity contribution is 7.15. The zero-order chi connectivity index (χ0) is 14.4. The lowest BCUT2D eigenvalue weighted by atomic mass is 10.1. The third kappa shape index (κ3) is 3.72. The van der Waals surface area contributed by atoms with Gasteiger partial charge in [-0.1, -0.05) is 26.2 Å². The van der Waals surface area contributed by atoms with Crippen LogP contribution in [0.5, 0.6) is 0 Å². The molecule has 0 saturated heterocycles. The number of anilines is 1. The Kier molecular flexibility index (Phi) is 5.83. The molecular formula is C15H24N2O2S. The van der Waals surface area contributed by atoms with E-state index in [0.717, 1.165) is 30.2 Å². The average Bonchev–Trinajstić information content (AvgIpc) is 2.98. The van der Waals surface area contributed by atoms with Crippen LogP contribution in [-0.4, -0.2) is 24.1 Å². The zero-order valence-electron chi connectivity index (χ0n) is 12.4. The van der Waals surface area contributed by atoms with Gasteiger partial charge in [-0.2, -0.15) is 0 Å². The topological polar surface area (TPSA) is 51.2 Å². The molecule has 0 aromatic carbocycles. The van der Waals surface area contributed by atoms with Crippen molar-refractivity contribution in [1.29, 1.82) is 0 Å². The molecule has 1 aromatic heterocycles. The van der Waals surface area contributed by atoms with Gasteiger partial charge in [0.1, 0.15) is 5.92 Å². The molecule has 2 rings (SSSR count). The van der Waals surface area contributed by atoms with Crippen molar-refractivity contribution in [3.05, 3.63) is 10.6 Å². The van der Waals surface area contributed by atoms with Gasteiger partial charge in [-0.05, 0) is 26.2 Å². The molecule has 1 N–H and O–H groups in total. The summed E-state index contributed by atoms with van der Waals surface area (Å²) in [6.45, 7) is 5.47. The summed E-state index contributed by atoms with van der Waals surface area (Å²) in [5, 5.41) is 4.34. The Labute approximate surface area is 124 Å². The fraction of sp³-hybridized carbons (Fsp3) is 0.733. The van der Waals surface area contributed by atoms with Crippen molar-refractivity contribution in [1.82, 2.24) is 4.98 Å². The fourth-order valence-electron chi connectivity index (χ4n) is 2.52. The van der Waals surface area contributed by atoms with Gasteiger partial charge >= 0.3 is 5.97 Å². The summed E-state index contributed by atoms with van der Waals surface area (Å²) in [5.74, 6) is -0.261. The molecule has 4 nitrogen and oxygen atoms in total. The number of rotatable bonds is 8. The Morgan fingerprint density at radius 3 is 3.00 bits per heavy atom. The number of nitrogens with one attached hydrogen (secondary N) is 1. The highest BCUT2D eigenvalue weighted by Gasteiger charge is 2.33. The predicted molar refractivity (Wildman–Crippen MR) is 82.4 cm³/mol. The predicted octanol–water partition coefficient (Wildman–Crippen LogP) is 3.73. The Bertz CT molecular complexity index is 445. The van der Waals surface area contributed by atoms with Gasteiger partial charge in [-0.3, -0.25) is 4.79 Å². The van der Waals surface area contributed by atoms with Gasteiger partial charge in [0.25, 0.3) is 0 Å². The van der Waals surface area contributed by atoms with Gasteiger partial charge < -0.3 is 10.1 Å². The normalized spacial score (nSPS) is 17.0. The molecule has 1 atom stereocenters. The van der Waals surface area contributed by atoms with E-state index in [1.807, 2.05) is 6.92 Å². The van der Waals surface area contributed by atoms with E-state index < -0.39 is 0 Å². The Morgan fingerprint density at radius 1 is 1.40 bits per heavy atom. The molecule has 0 saturated carbocycles. The molecule has 1 aliphatic rings. The van der Waals surface area contributed by atoms with Crippen molar-refractivity contribution >= 4 is 22.4 Å². The largest absolute Gasteiger partial charge is 0.465 e. The number of hydrogen-bond acceptors (Lipinski definition) is 5. The molecule has 0 radical (unpaired) electrons. The van der Waals surface area contributed by atoms with Gasteiger partial charge in [0.2, 0.25) is 0 Å². The van der Waals surface area contributed by atoms with Crippen molar-refractivity contribution < 1.29 is 9.53 Å². The minimum Gasteiger partial charge on any atom is -0.465 e. The van der Waals surface area contributed by atoms with Crippen molar-refractivity contribution in [2.24, 2.45) is 0 Å². The van der Waals surface area contributed by atoms with E-state index in [-0.39, 0.29) is 11.9 Å². The third-order valence-corrected chi connectivity index (χ3v) is 4.68. The first-order chi connectivity index (χ1) is 9.76. The Hall–Kier alpha value is -1.10. The maximum absolute atomic E-state index is 11.9. The number of thiazole rings is 1. The summed E-state index contributed by atoms with van der Waals surface area (Å²) in [4.78, 5) is 17.7. The van der Waals surface area contributed by atoms with E-state index in [0.29, 0.717) is 6.61 Å². The molecule has 0 aliphatic heterocycles. The molecule has 0 bridgehead atoms. The quantitative estimate of drug-likeness (QED) is 0.586. The number of hydrogen-bond donors (Lipinski definition) is 1. The third-order valence-electron chi connectivity index (χ3n) is 3.60. The Balaban J connectivity index is 1.86. The molecule has 0 fully saturated rings. The van der Waals surface area contributed by atoms with Crippen LogP contribution >= 0.6 is 11.3 Å². The van der Waals surface area contributed by atoms with Gasteiger partial charge in [0.05, 0.1) is 12.3 Å². The summed E-state index contributed by atoms with van der Waals surface area (Å²) < 4.78 is 5.12. The van der Waals surface area contributed by atoms with Crippen molar-refractivity contribution in [2.45, 2.75) is 58.3 Å². The zero-order valence-corrected chi connectivity index (χ0v) is 13.2. The number of unbranched alkanes of at least 4 members (excludes halogenated alkanes) is 3. The molecule has 1 aliphatic carbocycles. The van der Waals surface area contributed by atoms with Crippen LogP contribution in [0.4, 0.5) is 5.13 Å². The van der Waals surface area contributed by atoms with E-state index in [9.17, 15) is 4.79 Å². The van der Waals surface area contributed by atoms with Crippen molar-refractivity contribution in [3.8, 4) is 0 Å². The summed E-state index contributed by atoms with van der Waals surface area (Å²) in [6, 6.07) is 0. The number of carbonyl (C=O) groups excluding carboxylic acids is 1. The molecular weight excluding hydrogens is 272 g/mol. The standard InChI is InChI=1S/C15H24N2O2S/c1-3-5-6-7-10-16-15-17-13-11(14(18)19-4-2)8-9-12(13)20-15/h11H,3-10H2,1-2H3,(H,16,17). The molecule has 112 valence electrons. The second-order valence-corrected chi connectivity index (χ2v) is 6.24. The number of carbonyl (C=O) groups is 1. The van der Waals surface area contributed by atoms with Crippen LogP contribution in [0.3, 0.4) is 0 Å². The summed E-state index contributed by atoms with van der Waals surface area (Å²) in [6.07, 6.45) is 6.80. The molecule has 5 heteroatoms.